The smallest absolute Gasteiger partial charge is 0.251 e. The molecule has 0 fully saturated rings. The summed E-state index contributed by atoms with van der Waals surface area (Å²) in [7, 11) is 0. The van der Waals surface area contributed by atoms with Gasteiger partial charge in [-0.15, -0.1) is 0 Å². The van der Waals surface area contributed by atoms with Crippen LogP contribution in [0.15, 0.2) is 41.0 Å². The Kier molecular flexibility index (Phi) is 5.55. The van der Waals surface area contributed by atoms with Crippen molar-refractivity contribution in [3.8, 4) is 0 Å². The molecule has 1 aromatic heterocycles. The Bertz CT molecular complexity index is 673. The standard InChI is InChI=1S/C17H20BrN3O/c1-4-12(3)20-17(22)13-7-8-19-16(10-13)21-14-5-6-15(18)11(2)9-14/h5-10,12H,4H2,1-3H3,(H,19,21)(H,20,22). The van der Waals surface area contributed by atoms with E-state index in [4.69, 9.17) is 0 Å². The van der Waals surface area contributed by atoms with Crippen LogP contribution in [0.4, 0.5) is 11.5 Å². The molecule has 2 N–H and O–H groups in total. The van der Waals surface area contributed by atoms with E-state index in [0.717, 1.165) is 22.1 Å². The first-order chi connectivity index (χ1) is 10.5. The Hall–Kier alpha value is -1.88. The van der Waals surface area contributed by atoms with Gasteiger partial charge in [-0.3, -0.25) is 4.79 Å². The molecule has 2 aromatic rings. The lowest BCUT2D eigenvalue weighted by Gasteiger charge is -2.12. The third-order valence-corrected chi connectivity index (χ3v) is 4.33. The van der Waals surface area contributed by atoms with Crippen LogP contribution >= 0.6 is 15.9 Å². The van der Waals surface area contributed by atoms with Crippen LogP contribution in [-0.4, -0.2) is 16.9 Å². The Morgan fingerprint density at radius 2 is 2.09 bits per heavy atom. The van der Waals surface area contributed by atoms with Gasteiger partial charge in [0.2, 0.25) is 0 Å². The zero-order valence-electron chi connectivity index (χ0n) is 13.0. The lowest BCUT2D eigenvalue weighted by Crippen LogP contribution is -2.31. The normalized spacial score (nSPS) is 11.8. The van der Waals surface area contributed by atoms with Crippen molar-refractivity contribution in [1.29, 1.82) is 0 Å². The maximum absolute atomic E-state index is 12.1. The maximum atomic E-state index is 12.1. The van der Waals surface area contributed by atoms with E-state index in [2.05, 4.69) is 31.5 Å². The van der Waals surface area contributed by atoms with Crippen molar-refractivity contribution in [3.05, 3.63) is 52.1 Å². The van der Waals surface area contributed by atoms with Crippen molar-refractivity contribution in [2.24, 2.45) is 0 Å². The summed E-state index contributed by atoms with van der Waals surface area (Å²) >= 11 is 3.48. The molecule has 1 heterocycles. The van der Waals surface area contributed by atoms with Crippen molar-refractivity contribution in [2.75, 3.05) is 5.32 Å². The molecule has 0 radical (unpaired) electrons. The summed E-state index contributed by atoms with van der Waals surface area (Å²) in [5.41, 5.74) is 2.68. The number of nitrogens with zero attached hydrogens (tertiary/aromatic N) is 1. The average Bonchev–Trinajstić information content (AvgIpc) is 2.51. The first kappa shape index (κ1) is 16.5. The SMILES string of the molecule is CCC(C)NC(=O)c1ccnc(Nc2ccc(Br)c(C)c2)c1. The van der Waals surface area contributed by atoms with Crippen molar-refractivity contribution in [2.45, 2.75) is 33.2 Å². The third-order valence-electron chi connectivity index (χ3n) is 3.44. The van der Waals surface area contributed by atoms with Gasteiger partial charge in [0.15, 0.2) is 0 Å². The minimum atomic E-state index is -0.0770. The van der Waals surface area contributed by atoms with E-state index >= 15 is 0 Å². The molecule has 0 bridgehead atoms. The van der Waals surface area contributed by atoms with Crippen LogP contribution in [0.3, 0.4) is 0 Å². The lowest BCUT2D eigenvalue weighted by molar-refractivity contribution is 0.0939. The molecule has 116 valence electrons. The van der Waals surface area contributed by atoms with Gasteiger partial charge in [0.05, 0.1) is 0 Å². The summed E-state index contributed by atoms with van der Waals surface area (Å²) in [4.78, 5) is 16.4. The molecule has 0 saturated heterocycles. The summed E-state index contributed by atoms with van der Waals surface area (Å²) < 4.78 is 1.06. The van der Waals surface area contributed by atoms with Gasteiger partial charge in [-0.25, -0.2) is 4.98 Å². The minimum Gasteiger partial charge on any atom is -0.350 e. The molecule has 22 heavy (non-hydrogen) atoms. The molecule has 2 rings (SSSR count). The van der Waals surface area contributed by atoms with Gasteiger partial charge in [-0.2, -0.15) is 0 Å². The van der Waals surface area contributed by atoms with Crippen LogP contribution in [0.2, 0.25) is 0 Å². The molecule has 5 heteroatoms. The quantitative estimate of drug-likeness (QED) is 0.828. The van der Waals surface area contributed by atoms with E-state index < -0.39 is 0 Å². The second-order valence-corrected chi connectivity index (χ2v) is 6.16. The molecule has 1 atom stereocenters. The number of hydrogen-bond donors (Lipinski definition) is 2. The summed E-state index contributed by atoms with van der Waals surface area (Å²) in [6, 6.07) is 9.61. The fourth-order valence-corrected chi connectivity index (χ4v) is 2.17. The Morgan fingerprint density at radius 3 is 2.77 bits per heavy atom. The fraction of sp³-hybridized carbons (Fsp3) is 0.294. The molecule has 0 aliphatic rings. The highest BCUT2D eigenvalue weighted by atomic mass is 79.9. The Labute approximate surface area is 139 Å². The number of nitrogens with one attached hydrogen (secondary N) is 2. The molecule has 1 aromatic carbocycles. The number of amides is 1. The summed E-state index contributed by atoms with van der Waals surface area (Å²) in [6.45, 7) is 6.06. The van der Waals surface area contributed by atoms with E-state index in [9.17, 15) is 4.79 Å². The van der Waals surface area contributed by atoms with Gasteiger partial charge < -0.3 is 10.6 Å². The van der Waals surface area contributed by atoms with Crippen LogP contribution in [0, 0.1) is 6.92 Å². The third kappa shape index (κ3) is 4.31. The number of benzene rings is 1. The number of aromatic nitrogens is 1. The molecule has 0 saturated carbocycles. The molecule has 0 aliphatic heterocycles. The van der Waals surface area contributed by atoms with Gasteiger partial charge in [0, 0.05) is 28.0 Å². The Balaban J connectivity index is 2.14. The molecule has 1 unspecified atom stereocenters. The number of aryl methyl sites for hydroxylation is 1. The average molecular weight is 362 g/mol. The summed E-state index contributed by atoms with van der Waals surface area (Å²) in [6.07, 6.45) is 2.54. The highest BCUT2D eigenvalue weighted by molar-refractivity contribution is 9.10. The first-order valence-corrected chi connectivity index (χ1v) is 8.09. The first-order valence-electron chi connectivity index (χ1n) is 7.29. The predicted molar refractivity (Wildman–Crippen MR) is 93.6 cm³/mol. The number of carbonyl (C=O) groups is 1. The second kappa shape index (κ2) is 7.40. The minimum absolute atomic E-state index is 0.0770. The van der Waals surface area contributed by atoms with Gasteiger partial charge in [-0.05, 0) is 56.2 Å². The van der Waals surface area contributed by atoms with Crippen molar-refractivity contribution in [1.82, 2.24) is 10.3 Å². The van der Waals surface area contributed by atoms with Crippen LogP contribution in [0.25, 0.3) is 0 Å². The highest BCUT2D eigenvalue weighted by Crippen LogP contribution is 2.22. The highest BCUT2D eigenvalue weighted by Gasteiger charge is 2.09. The molecule has 0 aliphatic carbocycles. The van der Waals surface area contributed by atoms with E-state index in [1.54, 1.807) is 18.3 Å². The van der Waals surface area contributed by atoms with Crippen LogP contribution < -0.4 is 10.6 Å². The number of carbonyl (C=O) groups excluding carboxylic acids is 1. The van der Waals surface area contributed by atoms with Gasteiger partial charge >= 0.3 is 0 Å². The van der Waals surface area contributed by atoms with Crippen LogP contribution in [-0.2, 0) is 0 Å². The van der Waals surface area contributed by atoms with Crippen LogP contribution in [0.1, 0.15) is 36.2 Å². The zero-order chi connectivity index (χ0) is 16.1. The number of hydrogen-bond acceptors (Lipinski definition) is 3. The van der Waals surface area contributed by atoms with Gasteiger partial charge in [0.1, 0.15) is 5.82 Å². The molecule has 0 spiro atoms. The zero-order valence-corrected chi connectivity index (χ0v) is 14.6. The summed E-state index contributed by atoms with van der Waals surface area (Å²) in [5, 5.41) is 6.18. The lowest BCUT2D eigenvalue weighted by atomic mass is 10.2. The van der Waals surface area contributed by atoms with Crippen molar-refractivity contribution in [3.63, 3.8) is 0 Å². The second-order valence-electron chi connectivity index (χ2n) is 5.30. The number of anilines is 2. The van der Waals surface area contributed by atoms with Crippen molar-refractivity contribution >= 4 is 33.3 Å². The summed E-state index contributed by atoms with van der Waals surface area (Å²) in [5.74, 6) is 0.574. The Morgan fingerprint density at radius 1 is 1.32 bits per heavy atom. The number of pyridine rings is 1. The predicted octanol–water partition coefficient (Wildman–Crippen LogP) is 4.42. The fourth-order valence-electron chi connectivity index (χ4n) is 1.92. The maximum Gasteiger partial charge on any atom is 0.251 e. The van der Waals surface area contributed by atoms with E-state index in [1.807, 2.05) is 39.0 Å². The van der Waals surface area contributed by atoms with E-state index in [-0.39, 0.29) is 11.9 Å². The van der Waals surface area contributed by atoms with Crippen LogP contribution in [0.5, 0.6) is 0 Å². The molecule has 4 nitrogen and oxygen atoms in total. The number of halogens is 1. The van der Waals surface area contributed by atoms with E-state index in [1.165, 1.54) is 0 Å². The largest absolute Gasteiger partial charge is 0.350 e. The molecular formula is C17H20BrN3O. The monoisotopic (exact) mass is 361 g/mol. The van der Waals surface area contributed by atoms with Gasteiger partial charge in [-0.1, -0.05) is 22.9 Å². The number of rotatable bonds is 5. The molecular weight excluding hydrogens is 342 g/mol. The topological polar surface area (TPSA) is 54.0 Å². The van der Waals surface area contributed by atoms with Crippen molar-refractivity contribution < 1.29 is 4.79 Å². The molecule has 1 amide bonds. The van der Waals surface area contributed by atoms with Gasteiger partial charge in [0.25, 0.3) is 5.91 Å². The van der Waals surface area contributed by atoms with E-state index in [0.29, 0.717) is 11.4 Å².